The number of carbonyl (C=O) groups excluding carboxylic acids is 1. The van der Waals surface area contributed by atoms with E-state index in [9.17, 15) is 9.59 Å². The lowest BCUT2D eigenvalue weighted by molar-refractivity contribution is 0.0954. The minimum atomic E-state index is -0.178. The van der Waals surface area contributed by atoms with Gasteiger partial charge in [-0.3, -0.25) is 14.2 Å². The minimum absolute atomic E-state index is 0.107. The van der Waals surface area contributed by atoms with Crippen LogP contribution in [0.4, 0.5) is 0 Å². The minimum Gasteiger partial charge on any atom is -0.352 e. The van der Waals surface area contributed by atoms with Crippen molar-refractivity contribution in [1.82, 2.24) is 14.9 Å². The van der Waals surface area contributed by atoms with E-state index >= 15 is 0 Å². The second-order valence-corrected chi connectivity index (χ2v) is 7.66. The van der Waals surface area contributed by atoms with Gasteiger partial charge in [-0.1, -0.05) is 23.8 Å². The van der Waals surface area contributed by atoms with Crippen LogP contribution in [0.25, 0.3) is 16.6 Å². The number of rotatable bonds is 5. The quantitative estimate of drug-likeness (QED) is 0.479. The van der Waals surface area contributed by atoms with Crippen molar-refractivity contribution < 1.29 is 4.79 Å². The molecule has 148 valence electrons. The van der Waals surface area contributed by atoms with E-state index in [0.29, 0.717) is 33.5 Å². The molecule has 5 nitrogen and oxygen atoms in total. The first-order valence-corrected chi connectivity index (χ1v) is 10.3. The van der Waals surface area contributed by atoms with Gasteiger partial charge in [0.05, 0.1) is 16.6 Å². The fourth-order valence-electron chi connectivity index (χ4n) is 3.73. The predicted octanol–water partition coefficient (Wildman–Crippen LogP) is 4.67. The maximum Gasteiger partial charge on any atom is 0.266 e. The summed E-state index contributed by atoms with van der Waals surface area (Å²) in [6.45, 7) is 0.641. The number of fused-ring (bicyclic) bond motifs is 1. The number of nitrogens with zero attached hydrogens (tertiary/aromatic N) is 1. The first kappa shape index (κ1) is 19.3. The van der Waals surface area contributed by atoms with Crippen molar-refractivity contribution in [2.75, 3.05) is 6.54 Å². The maximum absolute atomic E-state index is 12.9. The van der Waals surface area contributed by atoms with Crippen LogP contribution in [-0.4, -0.2) is 22.0 Å². The van der Waals surface area contributed by atoms with Crippen LogP contribution >= 0.6 is 12.2 Å². The molecule has 1 amide bonds. The number of hydrogen-bond acceptors (Lipinski definition) is 3. The Balaban J connectivity index is 1.50. The first-order chi connectivity index (χ1) is 14.1. The molecule has 1 aliphatic rings. The molecule has 4 rings (SSSR count). The van der Waals surface area contributed by atoms with Crippen LogP contribution in [0.3, 0.4) is 0 Å². The van der Waals surface area contributed by atoms with Gasteiger partial charge in [0.25, 0.3) is 11.5 Å². The second kappa shape index (κ2) is 8.57. The molecule has 1 aromatic heterocycles. The SMILES string of the molecule is O=C(NCCC1=CCCCC1)c1ccc(-n2c(=S)[nH]c3ccccc3c2=O)cc1. The number of para-hydroxylation sites is 1. The maximum atomic E-state index is 12.9. The number of nitrogens with one attached hydrogen (secondary N) is 2. The van der Waals surface area contributed by atoms with Crippen LogP contribution in [0.5, 0.6) is 0 Å². The van der Waals surface area contributed by atoms with Gasteiger partial charge in [0.2, 0.25) is 0 Å². The van der Waals surface area contributed by atoms with Gasteiger partial charge in [0.1, 0.15) is 0 Å². The summed E-state index contributed by atoms with van der Waals surface area (Å²) in [5, 5.41) is 3.55. The summed E-state index contributed by atoms with van der Waals surface area (Å²) in [7, 11) is 0. The summed E-state index contributed by atoms with van der Waals surface area (Å²) in [4.78, 5) is 28.4. The van der Waals surface area contributed by atoms with Crippen molar-refractivity contribution in [1.29, 1.82) is 0 Å². The van der Waals surface area contributed by atoms with Gasteiger partial charge in [0.15, 0.2) is 4.77 Å². The number of amides is 1. The lowest BCUT2D eigenvalue weighted by Crippen LogP contribution is -2.25. The van der Waals surface area contributed by atoms with E-state index in [0.717, 1.165) is 19.3 Å². The van der Waals surface area contributed by atoms with E-state index in [-0.39, 0.29) is 11.5 Å². The molecule has 2 N–H and O–H groups in total. The third kappa shape index (κ3) is 4.22. The van der Waals surface area contributed by atoms with Crippen molar-refractivity contribution in [3.05, 3.63) is 80.9 Å². The van der Waals surface area contributed by atoms with Crippen molar-refractivity contribution in [2.24, 2.45) is 0 Å². The highest BCUT2D eigenvalue weighted by atomic mass is 32.1. The highest BCUT2D eigenvalue weighted by Crippen LogP contribution is 2.19. The van der Waals surface area contributed by atoms with Gasteiger partial charge >= 0.3 is 0 Å². The number of aromatic nitrogens is 2. The molecule has 0 fully saturated rings. The van der Waals surface area contributed by atoms with Crippen molar-refractivity contribution >= 4 is 29.0 Å². The fourth-order valence-corrected chi connectivity index (χ4v) is 4.03. The van der Waals surface area contributed by atoms with Gasteiger partial charge in [-0.15, -0.1) is 0 Å². The van der Waals surface area contributed by atoms with Crippen molar-refractivity contribution in [2.45, 2.75) is 32.1 Å². The molecule has 1 aliphatic carbocycles. The topological polar surface area (TPSA) is 66.9 Å². The van der Waals surface area contributed by atoms with Crippen LogP contribution in [0.2, 0.25) is 0 Å². The molecule has 3 aromatic rings. The van der Waals surface area contributed by atoms with Gasteiger partial charge in [0, 0.05) is 12.1 Å². The van der Waals surface area contributed by atoms with Crippen LogP contribution in [0.15, 0.2) is 65.0 Å². The highest BCUT2D eigenvalue weighted by molar-refractivity contribution is 7.71. The summed E-state index contributed by atoms with van der Waals surface area (Å²) >= 11 is 5.38. The zero-order chi connectivity index (χ0) is 20.2. The fraction of sp³-hybridized carbons (Fsp3) is 0.261. The molecule has 2 aromatic carbocycles. The molecule has 0 saturated heterocycles. The summed E-state index contributed by atoms with van der Waals surface area (Å²) < 4.78 is 1.78. The Hall–Kier alpha value is -2.99. The molecule has 1 heterocycles. The van der Waals surface area contributed by atoms with Gasteiger partial charge in [-0.05, 0) is 80.7 Å². The van der Waals surface area contributed by atoms with Crippen molar-refractivity contribution in [3.63, 3.8) is 0 Å². The normalized spacial score (nSPS) is 13.9. The number of aromatic amines is 1. The molecule has 0 saturated carbocycles. The van der Waals surface area contributed by atoms with E-state index in [1.807, 2.05) is 18.2 Å². The Bertz CT molecular complexity index is 1190. The van der Waals surface area contributed by atoms with E-state index in [2.05, 4.69) is 16.4 Å². The molecule has 0 unspecified atom stereocenters. The lowest BCUT2D eigenvalue weighted by Gasteiger charge is -2.13. The molecule has 0 atom stereocenters. The molecule has 0 spiro atoms. The molecule has 29 heavy (non-hydrogen) atoms. The van der Waals surface area contributed by atoms with Crippen molar-refractivity contribution in [3.8, 4) is 5.69 Å². The van der Waals surface area contributed by atoms with E-state index in [4.69, 9.17) is 12.2 Å². The largest absolute Gasteiger partial charge is 0.352 e. The Labute approximate surface area is 174 Å². The number of allylic oxidation sites excluding steroid dienone is 1. The first-order valence-electron chi connectivity index (χ1n) is 9.94. The monoisotopic (exact) mass is 405 g/mol. The van der Waals surface area contributed by atoms with Crippen LogP contribution in [0, 0.1) is 4.77 Å². The van der Waals surface area contributed by atoms with Gasteiger partial charge in [-0.25, -0.2) is 0 Å². The number of carbonyl (C=O) groups is 1. The molecular weight excluding hydrogens is 382 g/mol. The lowest BCUT2D eigenvalue weighted by atomic mass is 9.97. The summed E-state index contributed by atoms with van der Waals surface area (Å²) in [6.07, 6.45) is 8.02. The standard InChI is InChI=1S/C23H23N3O2S/c27-21(24-15-14-16-6-2-1-3-7-16)17-10-12-18(13-11-17)26-22(28)19-8-4-5-9-20(19)25-23(26)29/h4-6,8-13H,1-3,7,14-15H2,(H,24,27)(H,25,29). The Morgan fingerprint density at radius 3 is 2.66 bits per heavy atom. The third-order valence-electron chi connectivity index (χ3n) is 5.31. The highest BCUT2D eigenvalue weighted by Gasteiger charge is 2.10. The second-order valence-electron chi connectivity index (χ2n) is 7.28. The molecule has 0 bridgehead atoms. The van der Waals surface area contributed by atoms with Crippen LogP contribution in [-0.2, 0) is 0 Å². The molecular formula is C23H23N3O2S. The Kier molecular flexibility index (Phi) is 5.71. The Morgan fingerprint density at radius 1 is 1.10 bits per heavy atom. The van der Waals surface area contributed by atoms with E-state index < -0.39 is 0 Å². The van der Waals surface area contributed by atoms with Gasteiger partial charge < -0.3 is 10.3 Å². The summed E-state index contributed by atoms with van der Waals surface area (Å²) in [5.41, 5.74) is 3.17. The average molecular weight is 406 g/mol. The van der Waals surface area contributed by atoms with E-state index in [1.54, 1.807) is 30.3 Å². The van der Waals surface area contributed by atoms with Gasteiger partial charge in [-0.2, -0.15) is 0 Å². The smallest absolute Gasteiger partial charge is 0.266 e. The molecule has 6 heteroatoms. The van der Waals surface area contributed by atoms with Crippen LogP contribution < -0.4 is 10.9 Å². The number of hydrogen-bond donors (Lipinski definition) is 2. The zero-order valence-corrected chi connectivity index (χ0v) is 16.9. The predicted molar refractivity (Wildman–Crippen MR) is 118 cm³/mol. The average Bonchev–Trinajstić information content (AvgIpc) is 2.75. The zero-order valence-electron chi connectivity index (χ0n) is 16.1. The number of H-pyrrole nitrogens is 1. The summed E-state index contributed by atoms with van der Waals surface area (Å²) in [5.74, 6) is -0.107. The van der Waals surface area contributed by atoms with E-state index in [1.165, 1.54) is 23.0 Å². The summed E-state index contributed by atoms with van der Waals surface area (Å²) in [6, 6.07) is 14.2. The molecule has 0 aliphatic heterocycles. The Morgan fingerprint density at radius 2 is 1.90 bits per heavy atom. The van der Waals surface area contributed by atoms with Crippen LogP contribution in [0.1, 0.15) is 42.5 Å². The molecule has 0 radical (unpaired) electrons. The third-order valence-corrected chi connectivity index (χ3v) is 5.59. The number of benzene rings is 2.